The summed E-state index contributed by atoms with van der Waals surface area (Å²) in [7, 11) is 0. The van der Waals surface area contributed by atoms with Crippen LogP contribution in [0.3, 0.4) is 0 Å². The normalized spacial score (nSPS) is 15.0. The van der Waals surface area contributed by atoms with Crippen LogP contribution in [-0.2, 0) is 4.79 Å². The van der Waals surface area contributed by atoms with Crippen molar-refractivity contribution in [2.75, 3.05) is 23.8 Å². The first-order valence-corrected chi connectivity index (χ1v) is 11.4. The molecular formula is C27H27N3O4. The van der Waals surface area contributed by atoms with Gasteiger partial charge in [0.25, 0.3) is 11.8 Å². The van der Waals surface area contributed by atoms with Gasteiger partial charge in [0.2, 0.25) is 5.91 Å². The van der Waals surface area contributed by atoms with Crippen LogP contribution in [0, 0.1) is 0 Å². The Balaban J connectivity index is 1.35. The molecule has 3 aromatic carbocycles. The molecule has 1 atom stereocenters. The van der Waals surface area contributed by atoms with Crippen LogP contribution in [0.1, 0.15) is 40.5 Å². The van der Waals surface area contributed by atoms with Crippen molar-refractivity contribution in [1.29, 1.82) is 0 Å². The van der Waals surface area contributed by atoms with Crippen molar-refractivity contribution in [1.82, 2.24) is 4.90 Å². The van der Waals surface area contributed by atoms with Crippen LogP contribution in [0.5, 0.6) is 5.75 Å². The molecule has 1 aliphatic rings. The van der Waals surface area contributed by atoms with Crippen molar-refractivity contribution in [3.05, 3.63) is 90.0 Å². The number of nitrogens with one attached hydrogen (secondary N) is 2. The van der Waals surface area contributed by atoms with E-state index in [9.17, 15) is 14.4 Å². The Bertz CT molecular complexity index is 1140. The molecule has 7 heteroatoms. The van der Waals surface area contributed by atoms with E-state index in [1.54, 1.807) is 65.6 Å². The number of nitrogens with zero attached hydrogens (tertiary/aromatic N) is 1. The zero-order valence-corrected chi connectivity index (χ0v) is 19.0. The molecule has 4 rings (SSSR count). The Morgan fingerprint density at radius 1 is 0.853 bits per heavy atom. The van der Waals surface area contributed by atoms with E-state index in [-0.39, 0.29) is 17.7 Å². The highest BCUT2D eigenvalue weighted by atomic mass is 16.5. The Hall–Kier alpha value is -4.13. The first-order chi connectivity index (χ1) is 16.5. The fourth-order valence-electron chi connectivity index (χ4n) is 3.96. The second-order valence-electron chi connectivity index (χ2n) is 8.00. The molecule has 1 saturated heterocycles. The minimum absolute atomic E-state index is 0.139. The summed E-state index contributed by atoms with van der Waals surface area (Å²) in [5.74, 6) is 0.122. The minimum atomic E-state index is -0.518. The zero-order valence-electron chi connectivity index (χ0n) is 19.0. The maximum Gasteiger partial charge on any atom is 0.255 e. The molecule has 7 nitrogen and oxygen atoms in total. The van der Waals surface area contributed by atoms with Crippen LogP contribution in [0.2, 0.25) is 0 Å². The van der Waals surface area contributed by atoms with Crippen molar-refractivity contribution in [2.24, 2.45) is 0 Å². The van der Waals surface area contributed by atoms with Crippen molar-refractivity contribution < 1.29 is 19.1 Å². The summed E-state index contributed by atoms with van der Waals surface area (Å²) >= 11 is 0. The van der Waals surface area contributed by atoms with E-state index >= 15 is 0 Å². The number of anilines is 2. The number of ether oxygens (including phenoxy) is 1. The third-order valence-electron chi connectivity index (χ3n) is 5.67. The summed E-state index contributed by atoms with van der Waals surface area (Å²) in [5.41, 5.74) is 2.27. The molecule has 1 heterocycles. The number of benzene rings is 3. The highest BCUT2D eigenvalue weighted by molar-refractivity contribution is 6.05. The van der Waals surface area contributed by atoms with Gasteiger partial charge in [0.15, 0.2) is 0 Å². The van der Waals surface area contributed by atoms with Crippen molar-refractivity contribution in [3.8, 4) is 5.75 Å². The van der Waals surface area contributed by atoms with E-state index in [0.717, 1.165) is 12.2 Å². The van der Waals surface area contributed by atoms with E-state index in [0.29, 0.717) is 42.1 Å². The monoisotopic (exact) mass is 457 g/mol. The first-order valence-electron chi connectivity index (χ1n) is 11.4. The zero-order chi connectivity index (χ0) is 23.9. The van der Waals surface area contributed by atoms with E-state index in [1.807, 2.05) is 25.1 Å². The molecule has 2 N–H and O–H groups in total. The summed E-state index contributed by atoms with van der Waals surface area (Å²) in [6.45, 7) is 3.04. The summed E-state index contributed by atoms with van der Waals surface area (Å²) in [6, 6.07) is 22.3. The molecule has 3 amide bonds. The predicted molar refractivity (Wildman–Crippen MR) is 131 cm³/mol. The number of likely N-dealkylation sites (tertiary alicyclic amines) is 1. The molecule has 0 saturated carbocycles. The second-order valence-corrected chi connectivity index (χ2v) is 8.00. The number of hydrogen-bond donors (Lipinski definition) is 2. The van der Waals surface area contributed by atoms with Crippen LogP contribution >= 0.6 is 0 Å². The summed E-state index contributed by atoms with van der Waals surface area (Å²) in [4.78, 5) is 39.9. The van der Waals surface area contributed by atoms with Crippen LogP contribution in [0.25, 0.3) is 0 Å². The largest absolute Gasteiger partial charge is 0.494 e. The molecule has 1 aliphatic heterocycles. The van der Waals surface area contributed by atoms with Gasteiger partial charge in [0.1, 0.15) is 11.8 Å². The molecule has 174 valence electrons. The van der Waals surface area contributed by atoms with Gasteiger partial charge in [-0.3, -0.25) is 14.4 Å². The molecule has 34 heavy (non-hydrogen) atoms. The SMILES string of the molecule is CCOc1ccc(NC(=O)c2ccc(NC(=O)[C@@H]3CCCN3C(=O)c3ccccc3)cc2)cc1. The molecule has 0 unspecified atom stereocenters. The second kappa shape index (κ2) is 10.7. The molecular weight excluding hydrogens is 430 g/mol. The number of carbonyl (C=O) groups is 3. The highest BCUT2D eigenvalue weighted by Gasteiger charge is 2.34. The maximum absolute atomic E-state index is 12.9. The van der Waals surface area contributed by atoms with Crippen LogP contribution in [0.15, 0.2) is 78.9 Å². The summed E-state index contributed by atoms with van der Waals surface area (Å²) < 4.78 is 5.41. The average molecular weight is 458 g/mol. The Labute approximate surface area is 198 Å². The third-order valence-corrected chi connectivity index (χ3v) is 5.67. The Morgan fingerprint density at radius 3 is 2.18 bits per heavy atom. The van der Waals surface area contributed by atoms with Gasteiger partial charge in [0, 0.05) is 29.0 Å². The number of hydrogen-bond acceptors (Lipinski definition) is 4. The molecule has 3 aromatic rings. The van der Waals surface area contributed by atoms with Crippen molar-refractivity contribution in [2.45, 2.75) is 25.8 Å². The Kier molecular flexibility index (Phi) is 7.22. The van der Waals surface area contributed by atoms with Crippen LogP contribution < -0.4 is 15.4 Å². The molecule has 0 spiro atoms. The fourth-order valence-corrected chi connectivity index (χ4v) is 3.96. The molecule has 0 radical (unpaired) electrons. The van der Waals surface area contributed by atoms with Gasteiger partial charge in [-0.05, 0) is 80.4 Å². The van der Waals surface area contributed by atoms with E-state index < -0.39 is 6.04 Å². The maximum atomic E-state index is 12.9. The highest BCUT2D eigenvalue weighted by Crippen LogP contribution is 2.22. The van der Waals surface area contributed by atoms with E-state index in [1.165, 1.54) is 0 Å². The topological polar surface area (TPSA) is 87.7 Å². The van der Waals surface area contributed by atoms with Crippen molar-refractivity contribution in [3.63, 3.8) is 0 Å². The van der Waals surface area contributed by atoms with Crippen LogP contribution in [0.4, 0.5) is 11.4 Å². The molecule has 0 bridgehead atoms. The lowest BCUT2D eigenvalue weighted by molar-refractivity contribution is -0.119. The lowest BCUT2D eigenvalue weighted by Crippen LogP contribution is -2.43. The number of amides is 3. The quantitative estimate of drug-likeness (QED) is 0.544. The van der Waals surface area contributed by atoms with E-state index in [4.69, 9.17) is 4.74 Å². The van der Waals surface area contributed by atoms with Gasteiger partial charge in [-0.25, -0.2) is 0 Å². The third kappa shape index (κ3) is 5.43. The first kappa shape index (κ1) is 23.0. The van der Waals surface area contributed by atoms with Gasteiger partial charge < -0.3 is 20.3 Å². The smallest absolute Gasteiger partial charge is 0.255 e. The summed E-state index contributed by atoms with van der Waals surface area (Å²) in [6.07, 6.45) is 1.40. The predicted octanol–water partition coefficient (Wildman–Crippen LogP) is 4.58. The van der Waals surface area contributed by atoms with Gasteiger partial charge in [0.05, 0.1) is 6.61 Å². The Morgan fingerprint density at radius 2 is 1.50 bits per heavy atom. The molecule has 0 aliphatic carbocycles. The minimum Gasteiger partial charge on any atom is -0.494 e. The molecule has 1 fully saturated rings. The van der Waals surface area contributed by atoms with Crippen LogP contribution in [-0.4, -0.2) is 41.8 Å². The van der Waals surface area contributed by atoms with Gasteiger partial charge >= 0.3 is 0 Å². The van der Waals surface area contributed by atoms with Gasteiger partial charge in [-0.2, -0.15) is 0 Å². The lowest BCUT2D eigenvalue weighted by Gasteiger charge is -2.24. The molecule has 0 aromatic heterocycles. The van der Waals surface area contributed by atoms with Gasteiger partial charge in [-0.1, -0.05) is 18.2 Å². The van der Waals surface area contributed by atoms with E-state index in [2.05, 4.69) is 10.6 Å². The average Bonchev–Trinajstić information content (AvgIpc) is 3.36. The number of rotatable bonds is 7. The van der Waals surface area contributed by atoms with Crippen molar-refractivity contribution >= 4 is 29.1 Å². The standard InChI is InChI=1S/C27H27N3O4/c1-2-34-23-16-14-22(15-17-23)28-25(31)19-10-12-21(13-11-19)29-26(32)24-9-6-18-30(24)27(33)20-7-4-3-5-8-20/h3-5,7-8,10-17,24H,2,6,9,18H2,1H3,(H,28,31)(H,29,32)/t24-/m0/s1. The summed E-state index contributed by atoms with van der Waals surface area (Å²) in [5, 5.41) is 5.72. The number of carbonyl (C=O) groups excluding carboxylic acids is 3. The fraction of sp³-hybridized carbons (Fsp3) is 0.222. The lowest BCUT2D eigenvalue weighted by atomic mass is 10.1. The van der Waals surface area contributed by atoms with Gasteiger partial charge in [-0.15, -0.1) is 0 Å².